The van der Waals surface area contributed by atoms with Crippen LogP contribution in [0.4, 0.5) is 4.79 Å². The Bertz CT molecular complexity index is 645. The van der Waals surface area contributed by atoms with E-state index < -0.39 is 5.43 Å². The first kappa shape index (κ1) is 19.2. The molecule has 1 heterocycles. The molecule has 1 aromatic heterocycles. The van der Waals surface area contributed by atoms with Crippen LogP contribution < -0.4 is 9.47 Å². The second kappa shape index (κ2) is 10.7. The fourth-order valence-corrected chi connectivity index (χ4v) is 2.47. The Kier molecular flexibility index (Phi) is 8.19. The maximum atomic E-state index is 10.7. The zero-order valence-electron chi connectivity index (χ0n) is 14.4. The van der Waals surface area contributed by atoms with Gasteiger partial charge in [0.05, 0.1) is 19.0 Å². The molecule has 25 heavy (non-hydrogen) atoms. The molecule has 0 aliphatic carbocycles. The minimum atomic E-state index is -0.914. The van der Waals surface area contributed by atoms with Crippen LogP contribution in [0.15, 0.2) is 36.7 Å². The molecule has 0 saturated heterocycles. The molecule has 0 fully saturated rings. The Morgan fingerprint density at radius 3 is 2.24 bits per heavy atom. The van der Waals surface area contributed by atoms with E-state index in [4.69, 9.17) is 21.1 Å². The number of carbonyl (C=O) groups excluding carboxylic acids is 1. The third-order valence-electron chi connectivity index (χ3n) is 3.71. The first-order valence-corrected chi connectivity index (χ1v) is 8.99. The second-order valence-electron chi connectivity index (χ2n) is 5.72. The molecule has 6 heteroatoms. The van der Waals surface area contributed by atoms with Crippen molar-refractivity contribution in [2.45, 2.75) is 45.4 Å². The van der Waals surface area contributed by atoms with Crippen LogP contribution >= 0.6 is 11.6 Å². The number of hydrogen-bond donors (Lipinski definition) is 0. The van der Waals surface area contributed by atoms with Crippen LogP contribution in [0.5, 0.6) is 11.5 Å². The van der Waals surface area contributed by atoms with Crippen molar-refractivity contribution in [3.05, 3.63) is 36.7 Å². The molecular formula is C19H23ClN2O3. The van der Waals surface area contributed by atoms with Gasteiger partial charge in [0.25, 0.3) is 0 Å². The highest BCUT2D eigenvalue weighted by Gasteiger charge is 2.05. The highest BCUT2D eigenvalue weighted by molar-refractivity contribution is 6.61. The maximum Gasteiger partial charge on any atom is 0.409 e. The predicted octanol–water partition coefficient (Wildman–Crippen LogP) is 5.62. The van der Waals surface area contributed by atoms with Crippen LogP contribution in [-0.4, -0.2) is 22.0 Å². The molecular weight excluding hydrogens is 340 g/mol. The molecule has 0 aliphatic rings. The molecule has 0 saturated carbocycles. The number of benzene rings is 1. The number of nitrogens with zero attached hydrogens (tertiary/aromatic N) is 2. The minimum absolute atomic E-state index is 0.211. The van der Waals surface area contributed by atoms with Gasteiger partial charge in [0, 0.05) is 17.2 Å². The summed E-state index contributed by atoms with van der Waals surface area (Å²) in [4.78, 5) is 19.0. The summed E-state index contributed by atoms with van der Waals surface area (Å²) in [5, 5.41) is 0. The van der Waals surface area contributed by atoms with E-state index in [1.54, 1.807) is 0 Å². The Balaban J connectivity index is 1.78. The topological polar surface area (TPSA) is 61.3 Å². The third-order valence-corrected chi connectivity index (χ3v) is 3.78. The number of carbonyl (C=O) groups is 1. The summed E-state index contributed by atoms with van der Waals surface area (Å²) in [6.07, 6.45) is 10.3. The van der Waals surface area contributed by atoms with Gasteiger partial charge in [-0.15, -0.1) is 0 Å². The van der Waals surface area contributed by atoms with Crippen molar-refractivity contribution in [3.63, 3.8) is 0 Å². The largest absolute Gasteiger partial charge is 0.494 e. The summed E-state index contributed by atoms with van der Waals surface area (Å²) in [5.74, 6) is 1.59. The molecule has 0 aliphatic heterocycles. The Labute approximate surface area is 153 Å². The standard InChI is InChI=1S/C19H23ClN2O3/c1-2-3-4-5-6-7-12-24-16-10-8-15(9-11-16)18-21-13-17(14-22-18)25-19(20)23/h8-11,13-14H,2-7,12H2,1H3. The highest BCUT2D eigenvalue weighted by Crippen LogP contribution is 2.21. The smallest absolute Gasteiger partial charge is 0.409 e. The monoisotopic (exact) mass is 362 g/mol. The number of ether oxygens (including phenoxy) is 2. The van der Waals surface area contributed by atoms with Crippen LogP contribution in [0, 0.1) is 0 Å². The van der Waals surface area contributed by atoms with Gasteiger partial charge in [-0.25, -0.2) is 14.8 Å². The molecule has 134 valence electrons. The van der Waals surface area contributed by atoms with E-state index in [0.717, 1.165) is 24.3 Å². The Morgan fingerprint density at radius 2 is 1.60 bits per heavy atom. The minimum Gasteiger partial charge on any atom is -0.494 e. The van der Waals surface area contributed by atoms with Crippen molar-refractivity contribution in [1.82, 2.24) is 9.97 Å². The molecule has 0 N–H and O–H groups in total. The highest BCUT2D eigenvalue weighted by atomic mass is 35.5. The van der Waals surface area contributed by atoms with Gasteiger partial charge in [-0.2, -0.15) is 0 Å². The van der Waals surface area contributed by atoms with Crippen molar-refractivity contribution in [3.8, 4) is 22.9 Å². The van der Waals surface area contributed by atoms with E-state index in [1.165, 1.54) is 44.5 Å². The molecule has 0 atom stereocenters. The van der Waals surface area contributed by atoms with E-state index in [9.17, 15) is 4.79 Å². The van der Waals surface area contributed by atoms with Gasteiger partial charge in [-0.1, -0.05) is 39.0 Å². The summed E-state index contributed by atoms with van der Waals surface area (Å²) >= 11 is 5.14. The summed E-state index contributed by atoms with van der Waals surface area (Å²) in [6.45, 7) is 2.96. The lowest BCUT2D eigenvalue weighted by atomic mass is 10.1. The number of halogens is 1. The van der Waals surface area contributed by atoms with E-state index in [1.807, 2.05) is 24.3 Å². The fourth-order valence-electron chi connectivity index (χ4n) is 2.38. The lowest BCUT2D eigenvalue weighted by Crippen LogP contribution is -1.99. The second-order valence-corrected chi connectivity index (χ2v) is 6.03. The molecule has 0 unspecified atom stereocenters. The summed E-state index contributed by atoms with van der Waals surface area (Å²) in [5.41, 5.74) is -0.0566. The predicted molar refractivity (Wildman–Crippen MR) is 98.2 cm³/mol. The summed E-state index contributed by atoms with van der Waals surface area (Å²) in [7, 11) is 0. The lowest BCUT2D eigenvalue weighted by Gasteiger charge is -2.07. The average molecular weight is 363 g/mol. The van der Waals surface area contributed by atoms with Crippen LogP contribution in [0.3, 0.4) is 0 Å². The molecule has 0 amide bonds. The zero-order valence-corrected chi connectivity index (χ0v) is 15.2. The molecule has 2 aromatic rings. The van der Waals surface area contributed by atoms with Gasteiger partial charge in [-0.05, 0) is 30.7 Å². The number of hydrogen-bond acceptors (Lipinski definition) is 5. The van der Waals surface area contributed by atoms with Crippen LogP contribution in [-0.2, 0) is 0 Å². The van der Waals surface area contributed by atoms with E-state index >= 15 is 0 Å². The molecule has 2 rings (SSSR count). The van der Waals surface area contributed by atoms with E-state index in [-0.39, 0.29) is 5.75 Å². The van der Waals surface area contributed by atoms with Gasteiger partial charge in [0.15, 0.2) is 11.6 Å². The Hall–Kier alpha value is -2.14. The van der Waals surface area contributed by atoms with Crippen molar-refractivity contribution in [1.29, 1.82) is 0 Å². The van der Waals surface area contributed by atoms with Gasteiger partial charge in [0.2, 0.25) is 0 Å². The fraction of sp³-hybridized carbons (Fsp3) is 0.421. The Morgan fingerprint density at radius 1 is 0.960 bits per heavy atom. The number of unbranched alkanes of at least 4 members (excludes halogenated alkanes) is 5. The third kappa shape index (κ3) is 7.10. The molecule has 0 radical (unpaired) electrons. The first-order chi connectivity index (χ1) is 12.2. The number of rotatable bonds is 10. The summed E-state index contributed by atoms with van der Waals surface area (Å²) in [6, 6.07) is 7.61. The van der Waals surface area contributed by atoms with E-state index in [2.05, 4.69) is 16.9 Å². The normalized spacial score (nSPS) is 10.5. The SMILES string of the molecule is CCCCCCCCOc1ccc(-c2ncc(OC(=O)Cl)cn2)cc1. The quantitative estimate of drug-likeness (QED) is 0.405. The molecule has 1 aromatic carbocycles. The lowest BCUT2D eigenvalue weighted by molar-refractivity contribution is 0.225. The van der Waals surface area contributed by atoms with E-state index in [0.29, 0.717) is 5.82 Å². The van der Waals surface area contributed by atoms with Crippen molar-refractivity contribution >= 4 is 17.0 Å². The summed E-state index contributed by atoms with van der Waals surface area (Å²) < 4.78 is 10.4. The maximum absolute atomic E-state index is 10.7. The van der Waals surface area contributed by atoms with Gasteiger partial charge < -0.3 is 9.47 Å². The average Bonchev–Trinajstić information content (AvgIpc) is 2.62. The van der Waals surface area contributed by atoms with Gasteiger partial charge in [-0.3, -0.25) is 0 Å². The van der Waals surface area contributed by atoms with Gasteiger partial charge >= 0.3 is 5.43 Å². The van der Waals surface area contributed by atoms with Crippen molar-refractivity contribution in [2.75, 3.05) is 6.61 Å². The van der Waals surface area contributed by atoms with Crippen LogP contribution in [0.1, 0.15) is 45.4 Å². The van der Waals surface area contributed by atoms with Crippen LogP contribution in [0.25, 0.3) is 11.4 Å². The van der Waals surface area contributed by atoms with Gasteiger partial charge in [0.1, 0.15) is 5.75 Å². The molecule has 0 spiro atoms. The first-order valence-electron chi connectivity index (χ1n) is 8.61. The zero-order chi connectivity index (χ0) is 17.9. The molecule has 5 nitrogen and oxygen atoms in total. The van der Waals surface area contributed by atoms with Crippen molar-refractivity contribution in [2.24, 2.45) is 0 Å². The van der Waals surface area contributed by atoms with Crippen LogP contribution in [0.2, 0.25) is 0 Å². The number of aromatic nitrogens is 2. The molecule has 0 bridgehead atoms. The van der Waals surface area contributed by atoms with Crippen molar-refractivity contribution < 1.29 is 14.3 Å².